The molecule has 2 aromatic heterocycles. The van der Waals surface area contributed by atoms with Crippen LogP contribution in [0.3, 0.4) is 0 Å². The van der Waals surface area contributed by atoms with Gasteiger partial charge in [0.15, 0.2) is 0 Å². The van der Waals surface area contributed by atoms with E-state index in [1.54, 1.807) is 6.20 Å². The lowest BCUT2D eigenvalue weighted by Gasteiger charge is -1.91. The Morgan fingerprint density at radius 1 is 1.25 bits per heavy atom. The van der Waals surface area contributed by atoms with Crippen LogP contribution in [-0.4, -0.2) is 9.36 Å². The number of aryl methyl sites for hydroxylation is 1. The van der Waals surface area contributed by atoms with Crippen LogP contribution in [-0.2, 0) is 0 Å². The minimum Gasteiger partial charge on any atom is -0.255 e. The Kier molecular flexibility index (Phi) is 1.87. The molecule has 2 nitrogen and oxygen atoms in total. The lowest BCUT2D eigenvalue weighted by Crippen LogP contribution is -1.79. The highest BCUT2D eigenvalue weighted by Crippen LogP contribution is 2.18. The monoisotopic (exact) mass is 176 g/mol. The number of pyridine rings is 1. The largest absolute Gasteiger partial charge is 0.255 e. The van der Waals surface area contributed by atoms with Crippen LogP contribution < -0.4 is 0 Å². The molecule has 0 saturated carbocycles. The first-order valence-electron chi connectivity index (χ1n) is 3.71. The quantitative estimate of drug-likeness (QED) is 0.667. The molecule has 2 rings (SSSR count). The summed E-state index contributed by atoms with van der Waals surface area (Å²) in [5, 5.41) is 0. The van der Waals surface area contributed by atoms with Crippen molar-refractivity contribution in [1.29, 1.82) is 0 Å². The molecular formula is C9H8N2S. The zero-order chi connectivity index (χ0) is 8.39. The average Bonchev–Trinajstić information content (AvgIpc) is 2.54. The van der Waals surface area contributed by atoms with Crippen molar-refractivity contribution < 1.29 is 0 Å². The van der Waals surface area contributed by atoms with Gasteiger partial charge in [0.2, 0.25) is 0 Å². The Hall–Kier alpha value is -1.22. The summed E-state index contributed by atoms with van der Waals surface area (Å²) in [5.41, 5.74) is 1.92. The molecule has 12 heavy (non-hydrogen) atoms. The Bertz CT molecular complexity index is 367. The second kappa shape index (κ2) is 3.03. The SMILES string of the molecule is Cc1cc(-c2ccccn2)ns1. The normalized spacial score (nSPS) is 10.1. The number of nitrogens with zero attached hydrogens (tertiary/aromatic N) is 2. The van der Waals surface area contributed by atoms with Gasteiger partial charge in [0.25, 0.3) is 0 Å². The smallest absolute Gasteiger partial charge is 0.103 e. The van der Waals surface area contributed by atoms with Gasteiger partial charge in [-0.2, -0.15) is 4.37 Å². The van der Waals surface area contributed by atoms with Crippen LogP contribution in [0.4, 0.5) is 0 Å². The minimum atomic E-state index is 0.946. The number of hydrogen-bond donors (Lipinski definition) is 0. The minimum absolute atomic E-state index is 0.946. The third kappa shape index (κ3) is 1.36. The van der Waals surface area contributed by atoms with Gasteiger partial charge in [0.05, 0.1) is 5.69 Å². The molecule has 0 unspecified atom stereocenters. The summed E-state index contributed by atoms with van der Waals surface area (Å²) < 4.78 is 4.27. The van der Waals surface area contributed by atoms with Crippen molar-refractivity contribution in [2.75, 3.05) is 0 Å². The fourth-order valence-corrected chi connectivity index (χ4v) is 1.55. The van der Waals surface area contributed by atoms with Crippen molar-refractivity contribution in [3.8, 4) is 11.4 Å². The second-order valence-electron chi connectivity index (χ2n) is 2.54. The first-order valence-corrected chi connectivity index (χ1v) is 4.48. The number of hydrogen-bond acceptors (Lipinski definition) is 3. The van der Waals surface area contributed by atoms with Crippen molar-refractivity contribution in [3.63, 3.8) is 0 Å². The summed E-state index contributed by atoms with van der Waals surface area (Å²) in [6.45, 7) is 2.05. The molecule has 0 atom stereocenters. The second-order valence-corrected chi connectivity index (χ2v) is 3.55. The van der Waals surface area contributed by atoms with Crippen LogP contribution in [0, 0.1) is 6.92 Å². The van der Waals surface area contributed by atoms with E-state index in [0.717, 1.165) is 11.4 Å². The summed E-state index contributed by atoms with van der Waals surface area (Å²) in [4.78, 5) is 5.42. The van der Waals surface area contributed by atoms with Crippen molar-refractivity contribution in [2.45, 2.75) is 6.92 Å². The van der Waals surface area contributed by atoms with Gasteiger partial charge in [0, 0.05) is 11.1 Å². The molecule has 60 valence electrons. The topological polar surface area (TPSA) is 25.8 Å². The molecule has 0 fully saturated rings. The molecular weight excluding hydrogens is 168 g/mol. The molecule has 0 aliphatic carbocycles. The Balaban J connectivity index is 2.45. The molecule has 2 aromatic rings. The van der Waals surface area contributed by atoms with E-state index in [4.69, 9.17) is 0 Å². The first kappa shape index (κ1) is 7.43. The average molecular weight is 176 g/mol. The van der Waals surface area contributed by atoms with E-state index >= 15 is 0 Å². The van der Waals surface area contributed by atoms with Gasteiger partial charge in [-0.1, -0.05) is 6.07 Å². The highest BCUT2D eigenvalue weighted by Gasteiger charge is 2.00. The Labute approximate surface area is 75.1 Å². The molecule has 0 bridgehead atoms. The molecule has 0 aliphatic heterocycles. The summed E-state index contributed by atoms with van der Waals surface area (Å²) >= 11 is 1.51. The standard InChI is InChI=1S/C9H8N2S/c1-7-6-9(11-12-7)8-4-2-3-5-10-8/h2-6H,1H3. The van der Waals surface area contributed by atoms with Crippen LogP contribution in [0.1, 0.15) is 4.88 Å². The number of aromatic nitrogens is 2. The highest BCUT2D eigenvalue weighted by molar-refractivity contribution is 7.05. The third-order valence-corrected chi connectivity index (χ3v) is 2.25. The summed E-state index contributed by atoms with van der Waals surface area (Å²) in [5.74, 6) is 0. The molecule has 0 amide bonds. The summed E-state index contributed by atoms with van der Waals surface area (Å²) in [6.07, 6.45) is 1.78. The predicted octanol–water partition coefficient (Wildman–Crippen LogP) is 2.51. The molecule has 0 radical (unpaired) electrons. The molecule has 2 heterocycles. The van der Waals surface area contributed by atoms with Crippen molar-refractivity contribution in [2.24, 2.45) is 0 Å². The Morgan fingerprint density at radius 2 is 2.17 bits per heavy atom. The van der Waals surface area contributed by atoms with E-state index in [1.807, 2.05) is 31.2 Å². The van der Waals surface area contributed by atoms with Gasteiger partial charge in [-0.3, -0.25) is 4.98 Å². The van der Waals surface area contributed by atoms with Gasteiger partial charge in [-0.15, -0.1) is 0 Å². The van der Waals surface area contributed by atoms with E-state index in [1.165, 1.54) is 16.4 Å². The van der Waals surface area contributed by atoms with Crippen LogP contribution >= 0.6 is 11.5 Å². The molecule has 0 aromatic carbocycles. The van der Waals surface area contributed by atoms with Gasteiger partial charge < -0.3 is 0 Å². The summed E-state index contributed by atoms with van der Waals surface area (Å²) in [7, 11) is 0. The van der Waals surface area contributed by atoms with Gasteiger partial charge >= 0.3 is 0 Å². The Morgan fingerprint density at radius 3 is 2.75 bits per heavy atom. The van der Waals surface area contributed by atoms with Crippen molar-refractivity contribution in [1.82, 2.24) is 9.36 Å². The van der Waals surface area contributed by atoms with Crippen LogP contribution in [0.5, 0.6) is 0 Å². The molecule has 0 saturated heterocycles. The van der Waals surface area contributed by atoms with E-state index in [0.29, 0.717) is 0 Å². The summed E-state index contributed by atoms with van der Waals surface area (Å²) in [6, 6.07) is 7.89. The zero-order valence-electron chi connectivity index (χ0n) is 6.69. The maximum Gasteiger partial charge on any atom is 0.103 e. The van der Waals surface area contributed by atoms with E-state index in [-0.39, 0.29) is 0 Å². The molecule has 0 aliphatic rings. The third-order valence-electron chi connectivity index (χ3n) is 1.56. The van der Waals surface area contributed by atoms with E-state index in [9.17, 15) is 0 Å². The molecule has 3 heteroatoms. The highest BCUT2D eigenvalue weighted by atomic mass is 32.1. The van der Waals surface area contributed by atoms with Gasteiger partial charge in [0.1, 0.15) is 5.69 Å². The predicted molar refractivity (Wildman–Crippen MR) is 50.1 cm³/mol. The van der Waals surface area contributed by atoms with E-state index in [2.05, 4.69) is 9.36 Å². The zero-order valence-corrected chi connectivity index (χ0v) is 7.51. The van der Waals surface area contributed by atoms with Crippen LogP contribution in [0.15, 0.2) is 30.5 Å². The maximum absolute atomic E-state index is 4.27. The lowest BCUT2D eigenvalue weighted by molar-refractivity contribution is 1.30. The van der Waals surface area contributed by atoms with Crippen LogP contribution in [0.25, 0.3) is 11.4 Å². The molecule has 0 N–H and O–H groups in total. The van der Waals surface area contributed by atoms with Crippen molar-refractivity contribution in [3.05, 3.63) is 35.3 Å². The fourth-order valence-electron chi connectivity index (χ4n) is 1.00. The van der Waals surface area contributed by atoms with Gasteiger partial charge in [-0.05, 0) is 36.7 Å². The first-order chi connectivity index (χ1) is 5.86. The molecule has 0 spiro atoms. The van der Waals surface area contributed by atoms with Gasteiger partial charge in [-0.25, -0.2) is 0 Å². The van der Waals surface area contributed by atoms with Crippen molar-refractivity contribution >= 4 is 11.5 Å². The lowest BCUT2D eigenvalue weighted by atomic mass is 10.2. The van der Waals surface area contributed by atoms with Crippen LogP contribution in [0.2, 0.25) is 0 Å². The van der Waals surface area contributed by atoms with E-state index < -0.39 is 0 Å². The maximum atomic E-state index is 4.27. The number of rotatable bonds is 1. The fraction of sp³-hybridized carbons (Fsp3) is 0.111.